The molecule has 0 amide bonds. The third kappa shape index (κ3) is 3.94. The van der Waals surface area contributed by atoms with E-state index in [2.05, 4.69) is 215 Å². The van der Waals surface area contributed by atoms with E-state index in [-0.39, 0.29) is 0 Å². The van der Waals surface area contributed by atoms with E-state index in [1.54, 1.807) is 0 Å². The van der Waals surface area contributed by atoms with E-state index in [1.807, 2.05) is 0 Å². The maximum atomic E-state index is 7.03. The van der Waals surface area contributed by atoms with Gasteiger partial charge in [-0.1, -0.05) is 158 Å². The average molecular weight is 763 g/mol. The predicted molar refractivity (Wildman–Crippen MR) is 247 cm³/mol. The van der Waals surface area contributed by atoms with E-state index in [0.29, 0.717) is 0 Å². The number of aromatic nitrogens is 2. The molecule has 3 heterocycles. The molecule has 3 heteroatoms. The molecule has 3 nitrogen and oxygen atoms in total. The smallest absolute Gasteiger partial charge is 0.213 e. The summed E-state index contributed by atoms with van der Waals surface area (Å²) >= 11 is 0. The molecule has 0 atom stereocenters. The molecule has 0 fully saturated rings. The minimum Gasteiger partial charge on any atom is -0.439 e. The van der Waals surface area contributed by atoms with Gasteiger partial charge in [0.05, 0.1) is 27.4 Å². The van der Waals surface area contributed by atoms with Crippen molar-refractivity contribution in [1.82, 2.24) is 9.13 Å². The summed E-state index contributed by atoms with van der Waals surface area (Å²) in [5, 5.41) is 5.98. The first-order valence-corrected chi connectivity index (χ1v) is 20.8. The summed E-state index contributed by atoms with van der Waals surface area (Å²) in [6.07, 6.45) is 0. The van der Waals surface area contributed by atoms with Gasteiger partial charge in [0.15, 0.2) is 0 Å². The molecule has 0 unspecified atom stereocenters. The maximum absolute atomic E-state index is 7.03. The number of furan rings is 1. The zero-order valence-corrected chi connectivity index (χ0v) is 32.4. The highest BCUT2D eigenvalue weighted by molar-refractivity contribution is 6.23. The summed E-state index contributed by atoms with van der Waals surface area (Å²) in [6.45, 7) is 0. The lowest BCUT2D eigenvalue weighted by molar-refractivity contribution is 0.645. The molecule has 60 heavy (non-hydrogen) atoms. The van der Waals surface area contributed by atoms with Crippen LogP contribution in [0.1, 0.15) is 22.3 Å². The normalized spacial score (nSPS) is 13.5. The summed E-state index contributed by atoms with van der Waals surface area (Å²) in [6, 6.07) is 75.8. The van der Waals surface area contributed by atoms with E-state index in [1.165, 1.54) is 71.7 Å². The van der Waals surface area contributed by atoms with Gasteiger partial charge < -0.3 is 8.98 Å². The van der Waals surface area contributed by atoms with Gasteiger partial charge in [-0.05, 0) is 104 Å². The molecule has 9 aromatic carbocycles. The number of nitrogens with zero attached hydrogens (tertiary/aromatic N) is 2. The summed E-state index contributed by atoms with van der Waals surface area (Å²) in [7, 11) is 0. The van der Waals surface area contributed by atoms with E-state index in [0.717, 1.165) is 50.1 Å². The molecule has 0 bridgehead atoms. The topological polar surface area (TPSA) is 23.0 Å². The molecule has 2 aliphatic carbocycles. The fourth-order valence-electron chi connectivity index (χ4n) is 11.2. The van der Waals surface area contributed by atoms with Gasteiger partial charge in [0.2, 0.25) is 5.71 Å². The molecule has 0 aliphatic heterocycles. The van der Waals surface area contributed by atoms with Crippen molar-refractivity contribution in [2.75, 3.05) is 0 Å². The predicted octanol–water partition coefficient (Wildman–Crippen LogP) is 14.6. The first kappa shape index (κ1) is 32.1. The number of fused-ring (bicyclic) bond motifs is 18. The lowest BCUT2D eigenvalue weighted by Crippen LogP contribution is -2.26. The van der Waals surface area contributed by atoms with Gasteiger partial charge in [-0.25, -0.2) is 0 Å². The van der Waals surface area contributed by atoms with Gasteiger partial charge in [-0.15, -0.1) is 0 Å². The van der Waals surface area contributed by atoms with Crippen LogP contribution < -0.4 is 0 Å². The van der Waals surface area contributed by atoms with Crippen LogP contribution in [-0.4, -0.2) is 9.13 Å². The van der Waals surface area contributed by atoms with Crippen LogP contribution in [0.25, 0.3) is 99.5 Å². The third-order valence-electron chi connectivity index (χ3n) is 13.6. The van der Waals surface area contributed by atoms with Gasteiger partial charge in [0.25, 0.3) is 0 Å². The van der Waals surface area contributed by atoms with Crippen LogP contribution in [0.15, 0.2) is 211 Å². The number of rotatable bonds is 3. The Morgan fingerprint density at radius 1 is 0.333 bits per heavy atom. The largest absolute Gasteiger partial charge is 0.439 e. The standard InChI is InChI=1S/C57H34N2O/c1-7-21-46-39(14-1)40-15-2-8-22-47(40)57(46)48-23-9-3-16-41(48)42-33-32-37(34-49(42)57)59-52-26-12-6-19-45(52)55-54-38(20-13-27-53(54)60-56(55)59)35-28-30-36(31-29-35)58-50-24-10-4-17-43(50)44-18-5-11-25-51(44)58/h1-34H. The minimum absolute atomic E-state index is 0.427. The van der Waals surface area contributed by atoms with Crippen molar-refractivity contribution in [3.05, 3.63) is 229 Å². The quantitative estimate of drug-likeness (QED) is 0.176. The molecule has 3 aromatic heterocycles. The molecule has 278 valence electrons. The highest BCUT2D eigenvalue weighted by Gasteiger charge is 2.51. The first-order valence-electron chi connectivity index (χ1n) is 20.8. The number of hydrogen-bond donors (Lipinski definition) is 0. The van der Waals surface area contributed by atoms with Crippen LogP contribution in [-0.2, 0) is 5.41 Å². The lowest BCUT2D eigenvalue weighted by atomic mass is 9.70. The van der Waals surface area contributed by atoms with E-state index >= 15 is 0 Å². The van der Waals surface area contributed by atoms with Crippen molar-refractivity contribution in [3.63, 3.8) is 0 Å². The summed E-state index contributed by atoms with van der Waals surface area (Å²) in [4.78, 5) is 0. The number of para-hydroxylation sites is 3. The maximum Gasteiger partial charge on any atom is 0.213 e. The van der Waals surface area contributed by atoms with Crippen LogP contribution in [0.4, 0.5) is 0 Å². The second kappa shape index (κ2) is 11.6. The van der Waals surface area contributed by atoms with Crippen molar-refractivity contribution in [1.29, 1.82) is 0 Å². The van der Waals surface area contributed by atoms with Crippen LogP contribution in [0.5, 0.6) is 0 Å². The Labute approximate surface area is 345 Å². The van der Waals surface area contributed by atoms with Crippen LogP contribution >= 0.6 is 0 Å². The van der Waals surface area contributed by atoms with Crippen LogP contribution in [0.2, 0.25) is 0 Å². The second-order valence-electron chi connectivity index (χ2n) is 16.3. The first-order chi connectivity index (χ1) is 29.8. The Bertz CT molecular complexity index is 3660. The minimum atomic E-state index is -0.427. The Morgan fingerprint density at radius 3 is 1.43 bits per heavy atom. The van der Waals surface area contributed by atoms with Gasteiger partial charge >= 0.3 is 0 Å². The molecule has 0 radical (unpaired) electrons. The summed E-state index contributed by atoms with van der Waals surface area (Å²) in [5.41, 5.74) is 19.9. The molecule has 2 aliphatic rings. The summed E-state index contributed by atoms with van der Waals surface area (Å²) in [5.74, 6) is 0. The van der Waals surface area contributed by atoms with E-state index in [9.17, 15) is 0 Å². The Morgan fingerprint density at radius 2 is 0.817 bits per heavy atom. The number of hydrogen-bond acceptors (Lipinski definition) is 1. The molecule has 0 saturated heterocycles. The van der Waals surface area contributed by atoms with Crippen molar-refractivity contribution in [2.45, 2.75) is 5.41 Å². The van der Waals surface area contributed by atoms with Crippen LogP contribution in [0.3, 0.4) is 0 Å². The number of benzene rings is 9. The van der Waals surface area contributed by atoms with Gasteiger partial charge in [-0.3, -0.25) is 4.57 Å². The highest BCUT2D eigenvalue weighted by atomic mass is 16.3. The molecular weight excluding hydrogens is 729 g/mol. The monoisotopic (exact) mass is 762 g/mol. The van der Waals surface area contributed by atoms with E-state index < -0.39 is 5.41 Å². The highest BCUT2D eigenvalue weighted by Crippen LogP contribution is 2.63. The van der Waals surface area contributed by atoms with Gasteiger partial charge in [-0.2, -0.15) is 0 Å². The Kier molecular flexibility index (Phi) is 6.22. The van der Waals surface area contributed by atoms with Crippen molar-refractivity contribution >= 4 is 54.8 Å². The Hall–Kier alpha value is -7.88. The van der Waals surface area contributed by atoms with Crippen molar-refractivity contribution in [3.8, 4) is 44.8 Å². The molecular formula is C57H34N2O. The zero-order valence-electron chi connectivity index (χ0n) is 32.4. The van der Waals surface area contributed by atoms with Crippen LogP contribution in [0, 0.1) is 0 Å². The molecule has 12 aromatic rings. The van der Waals surface area contributed by atoms with Crippen molar-refractivity contribution in [2.24, 2.45) is 0 Å². The fraction of sp³-hybridized carbons (Fsp3) is 0.0175. The fourth-order valence-corrected chi connectivity index (χ4v) is 11.2. The second-order valence-corrected chi connectivity index (χ2v) is 16.3. The van der Waals surface area contributed by atoms with E-state index in [4.69, 9.17) is 4.42 Å². The van der Waals surface area contributed by atoms with Crippen molar-refractivity contribution < 1.29 is 4.42 Å². The SMILES string of the molecule is c1ccc2c(c1)-c1ccccc1C21c2ccccc2-c2ccc(-n3c4ccccc4c4c5c(-c6ccc(-n7c8ccccc8c8ccccc87)cc6)cccc5oc43)cc21. The Balaban J connectivity index is 0.982. The molecule has 0 saturated carbocycles. The zero-order chi connectivity index (χ0) is 39.1. The average Bonchev–Trinajstić information content (AvgIpc) is 4.09. The van der Waals surface area contributed by atoms with Gasteiger partial charge in [0, 0.05) is 32.9 Å². The van der Waals surface area contributed by atoms with Gasteiger partial charge in [0.1, 0.15) is 5.58 Å². The molecule has 1 spiro atoms. The molecule has 14 rings (SSSR count). The lowest BCUT2D eigenvalue weighted by Gasteiger charge is -2.30. The third-order valence-corrected chi connectivity index (χ3v) is 13.6. The summed E-state index contributed by atoms with van der Waals surface area (Å²) < 4.78 is 11.8. The molecule has 0 N–H and O–H groups in total.